The summed E-state index contributed by atoms with van der Waals surface area (Å²) in [5.74, 6) is -0.847. The van der Waals surface area contributed by atoms with Crippen LogP contribution in [-0.4, -0.2) is 46.8 Å². The minimum atomic E-state index is -1.16. The first-order chi connectivity index (χ1) is 17.6. The van der Waals surface area contributed by atoms with Crippen molar-refractivity contribution in [3.8, 4) is 5.75 Å². The Morgan fingerprint density at radius 2 is 1.92 bits per heavy atom. The van der Waals surface area contributed by atoms with Gasteiger partial charge in [0.1, 0.15) is 16.4 Å². The van der Waals surface area contributed by atoms with Gasteiger partial charge in [-0.05, 0) is 56.7 Å². The SMILES string of the molecule is COc1cccc(Cn2nc(C)c(/C=C/C(=O)OCC(=O)N3c4ccccc4NC(=O)C3(C)C)c2Cl)c1. The summed E-state index contributed by atoms with van der Waals surface area (Å²) >= 11 is 6.53. The number of anilines is 2. The van der Waals surface area contributed by atoms with E-state index in [0.29, 0.717) is 34.3 Å². The molecule has 0 radical (unpaired) electrons. The number of ether oxygens (including phenoxy) is 2. The predicted octanol–water partition coefficient (Wildman–Crippen LogP) is 4.22. The molecule has 1 N–H and O–H groups in total. The van der Waals surface area contributed by atoms with Crippen LogP contribution in [0.1, 0.15) is 30.7 Å². The standard InChI is InChI=1S/C27H27ClN4O5/c1-17-20(25(28)31(30-17)15-18-8-7-9-19(14-18)36-4)12-13-24(34)37-16-23(33)32-22-11-6-5-10-21(22)29-26(35)27(32,2)3/h5-14H,15-16H2,1-4H3,(H,29,35)/b13-12+. The third-order valence-electron chi connectivity index (χ3n) is 6.06. The van der Waals surface area contributed by atoms with Crippen molar-refractivity contribution >= 4 is 46.8 Å². The highest BCUT2D eigenvalue weighted by molar-refractivity contribution is 6.31. The number of benzene rings is 2. The monoisotopic (exact) mass is 522 g/mol. The molecule has 0 fully saturated rings. The number of nitrogens with one attached hydrogen (secondary N) is 1. The minimum Gasteiger partial charge on any atom is -0.497 e. The van der Waals surface area contributed by atoms with Gasteiger partial charge in [0.2, 0.25) is 5.91 Å². The lowest BCUT2D eigenvalue weighted by Gasteiger charge is -2.41. The molecule has 0 bridgehead atoms. The van der Waals surface area contributed by atoms with Crippen molar-refractivity contribution in [3.05, 3.63) is 76.6 Å². The highest BCUT2D eigenvalue weighted by atomic mass is 35.5. The van der Waals surface area contributed by atoms with Crippen molar-refractivity contribution < 1.29 is 23.9 Å². The van der Waals surface area contributed by atoms with Crippen LogP contribution in [0.5, 0.6) is 5.75 Å². The number of hydrogen-bond donors (Lipinski definition) is 1. The number of para-hydroxylation sites is 2. The van der Waals surface area contributed by atoms with Gasteiger partial charge in [-0.15, -0.1) is 0 Å². The second-order valence-electron chi connectivity index (χ2n) is 9.00. The predicted molar refractivity (Wildman–Crippen MR) is 141 cm³/mol. The summed E-state index contributed by atoms with van der Waals surface area (Å²) in [6.45, 7) is 4.93. The molecule has 0 atom stereocenters. The summed E-state index contributed by atoms with van der Waals surface area (Å²) < 4.78 is 12.1. The van der Waals surface area contributed by atoms with E-state index < -0.39 is 24.0 Å². The van der Waals surface area contributed by atoms with Crippen molar-refractivity contribution in [2.24, 2.45) is 0 Å². The third-order valence-corrected chi connectivity index (χ3v) is 6.46. The number of rotatable bonds is 7. The number of aryl methyl sites for hydroxylation is 1. The average molecular weight is 523 g/mol. The summed E-state index contributed by atoms with van der Waals surface area (Å²) in [6, 6.07) is 14.5. The number of amides is 2. The van der Waals surface area contributed by atoms with E-state index in [1.807, 2.05) is 24.3 Å². The van der Waals surface area contributed by atoms with E-state index in [-0.39, 0.29) is 5.91 Å². The number of fused-ring (bicyclic) bond motifs is 1. The van der Waals surface area contributed by atoms with Gasteiger partial charge in [-0.25, -0.2) is 9.48 Å². The normalized spacial score (nSPS) is 14.3. The smallest absolute Gasteiger partial charge is 0.331 e. The highest BCUT2D eigenvalue weighted by Crippen LogP contribution is 2.36. The summed E-state index contributed by atoms with van der Waals surface area (Å²) in [5, 5.41) is 7.61. The Kier molecular flexibility index (Phi) is 7.35. The van der Waals surface area contributed by atoms with E-state index in [1.54, 1.807) is 56.8 Å². The van der Waals surface area contributed by atoms with Crippen molar-refractivity contribution in [2.75, 3.05) is 23.9 Å². The Labute approximate surface area is 219 Å². The first-order valence-electron chi connectivity index (χ1n) is 11.6. The van der Waals surface area contributed by atoms with Gasteiger partial charge in [0.25, 0.3) is 5.91 Å². The van der Waals surface area contributed by atoms with E-state index in [9.17, 15) is 14.4 Å². The van der Waals surface area contributed by atoms with Crippen LogP contribution in [-0.2, 0) is 25.7 Å². The largest absolute Gasteiger partial charge is 0.497 e. The van der Waals surface area contributed by atoms with Gasteiger partial charge in [-0.2, -0.15) is 5.10 Å². The summed E-state index contributed by atoms with van der Waals surface area (Å²) in [4.78, 5) is 39.4. The summed E-state index contributed by atoms with van der Waals surface area (Å²) in [6.07, 6.45) is 2.70. The van der Waals surface area contributed by atoms with Crippen LogP contribution in [0.15, 0.2) is 54.6 Å². The maximum atomic E-state index is 13.0. The van der Waals surface area contributed by atoms with Crippen molar-refractivity contribution in [1.82, 2.24) is 9.78 Å². The summed E-state index contributed by atoms with van der Waals surface area (Å²) in [5.41, 5.74) is 2.04. The Morgan fingerprint density at radius 3 is 2.68 bits per heavy atom. The molecule has 2 aromatic carbocycles. The molecule has 2 heterocycles. The van der Waals surface area contributed by atoms with Crippen LogP contribution in [0.25, 0.3) is 6.08 Å². The molecule has 2 amide bonds. The van der Waals surface area contributed by atoms with Crippen LogP contribution in [0.4, 0.5) is 11.4 Å². The lowest BCUT2D eigenvalue weighted by atomic mass is 9.96. The Bertz CT molecular complexity index is 1400. The van der Waals surface area contributed by atoms with E-state index >= 15 is 0 Å². The molecule has 0 unspecified atom stereocenters. The molecule has 0 aliphatic carbocycles. The molecule has 4 rings (SSSR count). The number of methoxy groups -OCH3 is 1. The number of halogens is 1. The number of carbonyl (C=O) groups is 3. The maximum Gasteiger partial charge on any atom is 0.331 e. The van der Waals surface area contributed by atoms with Gasteiger partial charge in [-0.3, -0.25) is 14.5 Å². The second-order valence-corrected chi connectivity index (χ2v) is 9.36. The number of carbonyl (C=O) groups excluding carboxylic acids is 3. The average Bonchev–Trinajstić information content (AvgIpc) is 3.13. The van der Waals surface area contributed by atoms with Gasteiger partial charge in [0, 0.05) is 11.6 Å². The molecule has 1 aliphatic heterocycles. The quantitative estimate of drug-likeness (QED) is 0.368. The van der Waals surface area contributed by atoms with Crippen LogP contribution in [0.2, 0.25) is 5.15 Å². The van der Waals surface area contributed by atoms with Crippen molar-refractivity contribution in [1.29, 1.82) is 0 Å². The lowest BCUT2D eigenvalue weighted by molar-refractivity contribution is -0.143. The van der Waals surface area contributed by atoms with Crippen molar-refractivity contribution in [2.45, 2.75) is 32.9 Å². The number of esters is 1. The molecule has 10 heteroatoms. The fourth-order valence-electron chi connectivity index (χ4n) is 4.10. The van der Waals surface area contributed by atoms with Crippen LogP contribution < -0.4 is 15.0 Å². The zero-order valence-corrected chi connectivity index (χ0v) is 21.7. The number of nitrogens with zero attached hydrogens (tertiary/aromatic N) is 3. The Morgan fingerprint density at radius 1 is 1.16 bits per heavy atom. The lowest BCUT2D eigenvalue weighted by Crippen LogP contribution is -2.59. The molecule has 9 nitrogen and oxygen atoms in total. The molecule has 0 saturated carbocycles. The molecule has 37 heavy (non-hydrogen) atoms. The molecule has 1 aliphatic rings. The van der Waals surface area contributed by atoms with Crippen LogP contribution >= 0.6 is 11.6 Å². The molecule has 0 spiro atoms. The molecule has 192 valence electrons. The van der Waals surface area contributed by atoms with E-state index in [1.165, 1.54) is 17.1 Å². The zero-order chi connectivity index (χ0) is 26.7. The summed E-state index contributed by atoms with van der Waals surface area (Å²) in [7, 11) is 1.60. The maximum absolute atomic E-state index is 13.0. The van der Waals surface area contributed by atoms with E-state index in [0.717, 1.165) is 11.3 Å². The molecular weight excluding hydrogens is 496 g/mol. The van der Waals surface area contributed by atoms with Gasteiger partial charge in [0.05, 0.1) is 30.7 Å². The van der Waals surface area contributed by atoms with Gasteiger partial charge in [0.15, 0.2) is 6.61 Å². The molecule has 3 aromatic rings. The van der Waals surface area contributed by atoms with E-state index in [2.05, 4.69) is 10.4 Å². The van der Waals surface area contributed by atoms with Crippen molar-refractivity contribution in [3.63, 3.8) is 0 Å². The first-order valence-corrected chi connectivity index (χ1v) is 11.9. The minimum absolute atomic E-state index is 0.332. The Balaban J connectivity index is 1.43. The number of hydrogen-bond acceptors (Lipinski definition) is 6. The number of aromatic nitrogens is 2. The fraction of sp³-hybridized carbons (Fsp3) is 0.259. The van der Waals surface area contributed by atoms with Gasteiger partial charge >= 0.3 is 5.97 Å². The van der Waals surface area contributed by atoms with Gasteiger partial charge < -0.3 is 14.8 Å². The first kappa shape index (κ1) is 26.0. The second kappa shape index (κ2) is 10.5. The van der Waals surface area contributed by atoms with Gasteiger partial charge in [-0.1, -0.05) is 35.9 Å². The third kappa shape index (κ3) is 5.36. The fourth-order valence-corrected chi connectivity index (χ4v) is 4.40. The van der Waals surface area contributed by atoms with E-state index in [4.69, 9.17) is 21.1 Å². The molecule has 0 saturated heterocycles. The Hall–Kier alpha value is -4.11. The molecular formula is C27H27ClN4O5. The highest BCUT2D eigenvalue weighted by Gasteiger charge is 2.43. The topological polar surface area (TPSA) is 103 Å². The molecule has 1 aromatic heterocycles. The zero-order valence-electron chi connectivity index (χ0n) is 20.9. The van der Waals surface area contributed by atoms with Crippen LogP contribution in [0, 0.1) is 6.92 Å². The van der Waals surface area contributed by atoms with Crippen LogP contribution in [0.3, 0.4) is 0 Å².